The lowest BCUT2D eigenvalue weighted by Crippen LogP contribution is -2.44. The van der Waals surface area contributed by atoms with Crippen LogP contribution in [0.2, 0.25) is 0 Å². The van der Waals surface area contributed by atoms with Crippen molar-refractivity contribution < 1.29 is 18.0 Å². The molecule has 2 heterocycles. The van der Waals surface area contributed by atoms with Gasteiger partial charge in [0.1, 0.15) is 0 Å². The lowest BCUT2D eigenvalue weighted by Gasteiger charge is -2.30. The molecule has 0 aliphatic carbocycles. The Kier molecular flexibility index (Phi) is 4.99. The van der Waals surface area contributed by atoms with Crippen LogP contribution in [-0.2, 0) is 6.18 Å². The number of nitrogens with zero attached hydrogens (tertiary/aromatic N) is 1. The second kappa shape index (κ2) is 6.29. The van der Waals surface area contributed by atoms with E-state index in [1.54, 1.807) is 11.0 Å². The zero-order valence-electron chi connectivity index (χ0n) is 11.9. The molecule has 1 aromatic carbocycles. The standard InChI is InChI=1S/C14H15F3N2OS.ClH/c1-2-21-8-5-9-11-7-18-3-4-19(11)13(20)12(9)10(6-8)14(15,16)17;/h5-6,11,18H,2-4,7H2,1H3;1H/t11-;/m0./s1. The van der Waals surface area contributed by atoms with E-state index in [1.807, 2.05) is 6.92 Å². The normalized spacial score (nSPS) is 20.5. The van der Waals surface area contributed by atoms with Gasteiger partial charge in [0, 0.05) is 24.5 Å². The molecule has 1 N–H and O–H groups in total. The Morgan fingerprint density at radius 3 is 2.77 bits per heavy atom. The Hall–Kier alpha value is -0.920. The number of thioether (sulfide) groups is 1. The van der Waals surface area contributed by atoms with E-state index in [0.717, 1.165) is 6.07 Å². The summed E-state index contributed by atoms with van der Waals surface area (Å²) in [5.41, 5.74) is -0.440. The van der Waals surface area contributed by atoms with Crippen LogP contribution in [0.25, 0.3) is 0 Å². The van der Waals surface area contributed by atoms with E-state index >= 15 is 0 Å². The molecule has 0 aromatic heterocycles. The minimum Gasteiger partial charge on any atom is -0.329 e. The summed E-state index contributed by atoms with van der Waals surface area (Å²) in [4.78, 5) is 14.5. The Balaban J connectivity index is 0.00000176. The lowest BCUT2D eigenvalue weighted by molar-refractivity contribution is -0.138. The fourth-order valence-corrected chi connectivity index (χ4v) is 3.73. The van der Waals surface area contributed by atoms with Crippen molar-refractivity contribution in [2.24, 2.45) is 0 Å². The summed E-state index contributed by atoms with van der Waals surface area (Å²) in [5, 5.41) is 3.15. The first-order valence-electron chi connectivity index (χ1n) is 6.83. The first kappa shape index (κ1) is 17.4. The molecule has 1 atom stereocenters. The van der Waals surface area contributed by atoms with Gasteiger partial charge in [-0.1, -0.05) is 6.92 Å². The molecule has 1 fully saturated rings. The van der Waals surface area contributed by atoms with Crippen LogP contribution in [0, 0.1) is 0 Å². The van der Waals surface area contributed by atoms with E-state index in [0.29, 0.717) is 35.8 Å². The molecule has 2 aliphatic rings. The highest BCUT2D eigenvalue weighted by atomic mass is 35.5. The third kappa shape index (κ3) is 2.81. The number of rotatable bonds is 2. The van der Waals surface area contributed by atoms with Crippen molar-refractivity contribution in [3.63, 3.8) is 0 Å². The van der Waals surface area contributed by atoms with Crippen LogP contribution >= 0.6 is 24.2 Å². The number of benzene rings is 1. The average molecular weight is 353 g/mol. The number of halogens is 4. The second-order valence-electron chi connectivity index (χ2n) is 5.08. The largest absolute Gasteiger partial charge is 0.417 e. The van der Waals surface area contributed by atoms with Crippen LogP contribution in [-0.4, -0.2) is 36.2 Å². The van der Waals surface area contributed by atoms with Gasteiger partial charge in [-0.25, -0.2) is 0 Å². The number of hydrogen-bond acceptors (Lipinski definition) is 3. The van der Waals surface area contributed by atoms with Gasteiger partial charge in [-0.15, -0.1) is 24.2 Å². The topological polar surface area (TPSA) is 32.3 Å². The van der Waals surface area contributed by atoms with E-state index in [1.165, 1.54) is 11.8 Å². The van der Waals surface area contributed by atoms with Crippen LogP contribution < -0.4 is 5.32 Å². The lowest BCUT2D eigenvalue weighted by atomic mass is 9.98. The maximum absolute atomic E-state index is 13.3. The Morgan fingerprint density at radius 2 is 2.14 bits per heavy atom. The number of nitrogens with one attached hydrogen (secondary N) is 1. The van der Waals surface area contributed by atoms with Gasteiger partial charge in [-0.2, -0.15) is 13.2 Å². The molecule has 0 radical (unpaired) electrons. The molecule has 1 amide bonds. The molecular weight excluding hydrogens is 337 g/mol. The van der Waals surface area contributed by atoms with Crippen molar-refractivity contribution in [3.8, 4) is 0 Å². The van der Waals surface area contributed by atoms with E-state index in [-0.39, 0.29) is 24.0 Å². The number of hydrogen-bond donors (Lipinski definition) is 1. The van der Waals surface area contributed by atoms with Gasteiger partial charge in [0.2, 0.25) is 0 Å². The summed E-state index contributed by atoms with van der Waals surface area (Å²) >= 11 is 1.36. The predicted octanol–water partition coefficient (Wildman–Crippen LogP) is 3.34. The van der Waals surface area contributed by atoms with Crippen molar-refractivity contribution in [2.45, 2.75) is 24.0 Å². The summed E-state index contributed by atoms with van der Waals surface area (Å²) in [6.45, 7) is 3.47. The summed E-state index contributed by atoms with van der Waals surface area (Å²) in [6, 6.07) is 2.57. The Labute approximate surface area is 137 Å². The van der Waals surface area contributed by atoms with Crippen LogP contribution in [0.4, 0.5) is 13.2 Å². The highest BCUT2D eigenvalue weighted by molar-refractivity contribution is 7.99. The summed E-state index contributed by atoms with van der Waals surface area (Å²) in [7, 11) is 0. The zero-order valence-corrected chi connectivity index (χ0v) is 13.5. The number of alkyl halides is 3. The number of carbonyl (C=O) groups excluding carboxylic acids is 1. The average Bonchev–Trinajstić information content (AvgIpc) is 2.72. The quantitative estimate of drug-likeness (QED) is 0.829. The van der Waals surface area contributed by atoms with E-state index in [9.17, 15) is 18.0 Å². The van der Waals surface area contributed by atoms with Gasteiger partial charge in [0.05, 0.1) is 17.2 Å². The highest BCUT2D eigenvalue weighted by Crippen LogP contribution is 2.44. The van der Waals surface area contributed by atoms with Crippen LogP contribution in [0.1, 0.15) is 34.5 Å². The van der Waals surface area contributed by atoms with Crippen molar-refractivity contribution in [1.29, 1.82) is 0 Å². The number of piperazine rings is 1. The molecule has 0 bridgehead atoms. The Bertz CT molecular complexity index is 594. The molecule has 3 nitrogen and oxygen atoms in total. The van der Waals surface area contributed by atoms with Gasteiger partial charge >= 0.3 is 6.18 Å². The van der Waals surface area contributed by atoms with Crippen molar-refractivity contribution >= 4 is 30.1 Å². The maximum atomic E-state index is 13.3. The summed E-state index contributed by atoms with van der Waals surface area (Å²) in [5.74, 6) is 0.202. The minimum atomic E-state index is -4.51. The molecule has 1 aromatic rings. The number of fused-ring (bicyclic) bond motifs is 3. The molecule has 0 unspecified atom stereocenters. The van der Waals surface area contributed by atoms with Crippen molar-refractivity contribution in [2.75, 3.05) is 25.4 Å². The fourth-order valence-electron chi connectivity index (χ4n) is 2.98. The predicted molar refractivity (Wildman–Crippen MR) is 81.7 cm³/mol. The number of carbonyl (C=O) groups is 1. The highest BCUT2D eigenvalue weighted by Gasteiger charge is 2.45. The molecule has 122 valence electrons. The monoisotopic (exact) mass is 352 g/mol. The smallest absolute Gasteiger partial charge is 0.329 e. The fraction of sp³-hybridized carbons (Fsp3) is 0.500. The summed E-state index contributed by atoms with van der Waals surface area (Å²) < 4.78 is 40.0. The third-order valence-corrected chi connectivity index (χ3v) is 4.69. The molecule has 0 spiro atoms. The third-order valence-electron chi connectivity index (χ3n) is 3.84. The van der Waals surface area contributed by atoms with Gasteiger partial charge in [0.25, 0.3) is 5.91 Å². The molecule has 8 heteroatoms. The first-order valence-corrected chi connectivity index (χ1v) is 7.81. The van der Waals surface area contributed by atoms with E-state index < -0.39 is 17.6 Å². The molecule has 22 heavy (non-hydrogen) atoms. The van der Waals surface area contributed by atoms with Gasteiger partial charge < -0.3 is 10.2 Å². The van der Waals surface area contributed by atoms with Gasteiger partial charge in [-0.05, 0) is 23.4 Å². The molecular formula is C14H16ClF3N2OS. The molecule has 1 saturated heterocycles. The SMILES string of the molecule is CCSc1cc2c(c(C(F)(F)F)c1)C(=O)N1CCNC[C@@H]21.Cl. The van der Waals surface area contributed by atoms with Gasteiger partial charge in [-0.3, -0.25) is 4.79 Å². The minimum absolute atomic E-state index is 0. The van der Waals surface area contributed by atoms with Gasteiger partial charge in [0.15, 0.2) is 0 Å². The first-order chi connectivity index (χ1) is 9.93. The van der Waals surface area contributed by atoms with Crippen LogP contribution in [0.5, 0.6) is 0 Å². The molecule has 0 saturated carbocycles. The maximum Gasteiger partial charge on any atom is 0.417 e. The number of amides is 1. The van der Waals surface area contributed by atoms with Crippen LogP contribution in [0.15, 0.2) is 17.0 Å². The zero-order chi connectivity index (χ0) is 15.2. The summed E-state index contributed by atoms with van der Waals surface area (Å²) in [6.07, 6.45) is -4.51. The molecule has 3 rings (SSSR count). The molecule has 2 aliphatic heterocycles. The van der Waals surface area contributed by atoms with E-state index in [4.69, 9.17) is 0 Å². The second-order valence-corrected chi connectivity index (χ2v) is 6.42. The van der Waals surface area contributed by atoms with E-state index in [2.05, 4.69) is 5.32 Å². The Morgan fingerprint density at radius 1 is 1.41 bits per heavy atom. The van der Waals surface area contributed by atoms with Crippen molar-refractivity contribution in [1.82, 2.24) is 10.2 Å². The van der Waals surface area contributed by atoms with Crippen LogP contribution in [0.3, 0.4) is 0 Å². The van der Waals surface area contributed by atoms with Crippen molar-refractivity contribution in [3.05, 3.63) is 28.8 Å².